The van der Waals surface area contributed by atoms with Crippen LogP contribution in [0.25, 0.3) is 0 Å². The molecule has 0 radical (unpaired) electrons. The topological polar surface area (TPSA) is 84.5 Å². The molecule has 0 aliphatic rings. The van der Waals surface area contributed by atoms with Crippen molar-refractivity contribution >= 4 is 21.6 Å². The highest BCUT2D eigenvalue weighted by Gasteiger charge is 2.13. The van der Waals surface area contributed by atoms with E-state index < -0.39 is 10.0 Å². The Balaban J connectivity index is 2.06. The summed E-state index contributed by atoms with van der Waals surface area (Å²) in [5.41, 5.74) is 1.00. The fourth-order valence-corrected chi connectivity index (χ4v) is 3.12. The molecule has 0 heterocycles. The molecule has 0 aliphatic heterocycles. The van der Waals surface area contributed by atoms with E-state index in [2.05, 4.69) is 10.0 Å². The van der Waals surface area contributed by atoms with Gasteiger partial charge < -0.3 is 10.1 Å². The summed E-state index contributed by atoms with van der Waals surface area (Å²) in [7, 11) is -1.95. The van der Waals surface area contributed by atoms with E-state index in [9.17, 15) is 13.2 Å². The third-order valence-corrected chi connectivity index (χ3v) is 4.79. The van der Waals surface area contributed by atoms with Crippen molar-refractivity contribution < 1.29 is 17.9 Å². The van der Waals surface area contributed by atoms with Gasteiger partial charge in [-0.2, -0.15) is 0 Å². The number of hydrogen-bond donors (Lipinski definition) is 2. The summed E-state index contributed by atoms with van der Waals surface area (Å²) in [6.45, 7) is 2.28. The van der Waals surface area contributed by atoms with Crippen molar-refractivity contribution in [3.05, 3.63) is 54.1 Å². The van der Waals surface area contributed by atoms with Crippen LogP contribution in [-0.4, -0.2) is 28.0 Å². The minimum atomic E-state index is -3.50. The molecule has 2 N–H and O–H groups in total. The Morgan fingerprint density at radius 3 is 2.21 bits per heavy atom. The summed E-state index contributed by atoms with van der Waals surface area (Å²) in [6, 6.07) is 12.7. The highest BCUT2D eigenvalue weighted by atomic mass is 32.2. The van der Waals surface area contributed by atoms with Gasteiger partial charge in [-0.25, -0.2) is 13.1 Å². The lowest BCUT2D eigenvalue weighted by Crippen LogP contribution is -2.24. The summed E-state index contributed by atoms with van der Waals surface area (Å²) in [5, 5.41) is 2.72. The van der Waals surface area contributed by atoms with Crippen LogP contribution >= 0.6 is 0 Å². The summed E-state index contributed by atoms with van der Waals surface area (Å²) in [5.74, 6) is 0.387. The minimum Gasteiger partial charge on any atom is -0.497 e. The largest absolute Gasteiger partial charge is 0.497 e. The van der Waals surface area contributed by atoms with Crippen molar-refractivity contribution in [2.75, 3.05) is 19.0 Å². The van der Waals surface area contributed by atoms with Crippen molar-refractivity contribution in [2.24, 2.45) is 0 Å². The summed E-state index contributed by atoms with van der Waals surface area (Å²) >= 11 is 0. The molecule has 0 fully saturated rings. The highest BCUT2D eigenvalue weighted by molar-refractivity contribution is 7.89. The lowest BCUT2D eigenvalue weighted by molar-refractivity contribution is 0.102. The number of ether oxygens (including phenoxy) is 1. The van der Waals surface area contributed by atoms with Crippen molar-refractivity contribution in [1.29, 1.82) is 0 Å². The SMILES string of the molecule is CCCNS(=O)(=O)c1ccc(NC(=O)c2ccc(OC)cc2)cc1. The van der Waals surface area contributed by atoms with Crippen molar-refractivity contribution in [3.8, 4) is 5.75 Å². The van der Waals surface area contributed by atoms with Crippen LogP contribution in [0.15, 0.2) is 53.4 Å². The monoisotopic (exact) mass is 348 g/mol. The van der Waals surface area contributed by atoms with Gasteiger partial charge in [0.05, 0.1) is 12.0 Å². The van der Waals surface area contributed by atoms with Gasteiger partial charge in [-0.3, -0.25) is 4.79 Å². The molecule has 2 aromatic carbocycles. The number of carbonyl (C=O) groups excluding carboxylic acids is 1. The zero-order valence-electron chi connectivity index (χ0n) is 13.6. The number of carbonyl (C=O) groups is 1. The predicted molar refractivity (Wildman–Crippen MR) is 92.9 cm³/mol. The van der Waals surface area contributed by atoms with E-state index in [1.54, 1.807) is 43.5 Å². The van der Waals surface area contributed by atoms with E-state index in [1.807, 2.05) is 6.92 Å². The normalized spacial score (nSPS) is 11.1. The van der Waals surface area contributed by atoms with Gasteiger partial charge in [-0.15, -0.1) is 0 Å². The molecule has 0 saturated heterocycles. The van der Waals surface area contributed by atoms with Crippen LogP contribution in [0.3, 0.4) is 0 Å². The van der Waals surface area contributed by atoms with Crippen LogP contribution in [0.1, 0.15) is 23.7 Å². The number of methoxy groups -OCH3 is 1. The summed E-state index contributed by atoms with van der Waals surface area (Å²) in [4.78, 5) is 12.3. The third-order valence-electron chi connectivity index (χ3n) is 3.32. The fourth-order valence-electron chi connectivity index (χ4n) is 1.98. The molecular weight excluding hydrogens is 328 g/mol. The van der Waals surface area contributed by atoms with Gasteiger partial charge in [0.1, 0.15) is 5.75 Å². The van der Waals surface area contributed by atoms with Gasteiger partial charge in [-0.1, -0.05) is 6.92 Å². The quantitative estimate of drug-likeness (QED) is 0.805. The van der Waals surface area contributed by atoms with Gasteiger partial charge in [0.15, 0.2) is 0 Å². The maximum atomic E-state index is 12.2. The van der Waals surface area contributed by atoms with Gasteiger partial charge in [0, 0.05) is 17.8 Å². The Hall–Kier alpha value is -2.38. The number of amides is 1. The zero-order chi connectivity index (χ0) is 17.6. The second-order valence-electron chi connectivity index (χ2n) is 5.10. The van der Waals surface area contributed by atoms with Crippen LogP contribution in [0.4, 0.5) is 5.69 Å². The molecule has 128 valence electrons. The van der Waals surface area contributed by atoms with Crippen LogP contribution in [-0.2, 0) is 10.0 Å². The maximum absolute atomic E-state index is 12.2. The van der Waals surface area contributed by atoms with Crippen molar-refractivity contribution in [2.45, 2.75) is 18.2 Å². The second kappa shape index (κ2) is 7.94. The van der Waals surface area contributed by atoms with Gasteiger partial charge in [-0.05, 0) is 55.0 Å². The number of benzene rings is 2. The molecular formula is C17H20N2O4S. The average Bonchev–Trinajstić information content (AvgIpc) is 2.60. The van der Waals surface area contributed by atoms with E-state index >= 15 is 0 Å². The molecule has 0 unspecified atom stereocenters. The molecule has 6 nitrogen and oxygen atoms in total. The molecule has 0 atom stereocenters. The standard InChI is InChI=1S/C17H20N2O4S/c1-3-12-18-24(21,22)16-10-6-14(7-11-16)19-17(20)13-4-8-15(23-2)9-5-13/h4-11,18H,3,12H2,1-2H3,(H,19,20). The van der Waals surface area contributed by atoms with E-state index in [0.29, 0.717) is 23.5 Å². The predicted octanol–water partition coefficient (Wildman–Crippen LogP) is 2.64. The second-order valence-corrected chi connectivity index (χ2v) is 6.87. The molecule has 0 spiro atoms. The first-order valence-corrected chi connectivity index (χ1v) is 8.99. The third kappa shape index (κ3) is 4.56. The van der Waals surface area contributed by atoms with Crippen LogP contribution in [0.5, 0.6) is 5.75 Å². The first-order valence-electron chi connectivity index (χ1n) is 7.51. The van der Waals surface area contributed by atoms with Gasteiger partial charge in [0.2, 0.25) is 10.0 Å². The molecule has 0 aromatic heterocycles. The minimum absolute atomic E-state index is 0.165. The lowest BCUT2D eigenvalue weighted by atomic mass is 10.2. The Morgan fingerprint density at radius 2 is 1.67 bits per heavy atom. The first kappa shape index (κ1) is 18.0. The number of anilines is 1. The highest BCUT2D eigenvalue weighted by Crippen LogP contribution is 2.16. The van der Waals surface area contributed by atoms with Gasteiger partial charge in [0.25, 0.3) is 5.91 Å². The van der Waals surface area contributed by atoms with E-state index in [4.69, 9.17) is 4.74 Å². The number of rotatable bonds is 7. The molecule has 2 rings (SSSR count). The van der Waals surface area contributed by atoms with Crippen LogP contribution in [0.2, 0.25) is 0 Å². The number of hydrogen-bond acceptors (Lipinski definition) is 4. The Bertz CT molecular complexity index is 784. The maximum Gasteiger partial charge on any atom is 0.255 e. The average molecular weight is 348 g/mol. The molecule has 0 saturated carbocycles. The lowest BCUT2D eigenvalue weighted by Gasteiger charge is -2.08. The van der Waals surface area contributed by atoms with E-state index in [-0.39, 0.29) is 10.8 Å². The van der Waals surface area contributed by atoms with Crippen LogP contribution in [0, 0.1) is 0 Å². The molecule has 7 heteroatoms. The molecule has 1 amide bonds. The van der Waals surface area contributed by atoms with Crippen molar-refractivity contribution in [3.63, 3.8) is 0 Å². The van der Waals surface area contributed by atoms with E-state index in [1.165, 1.54) is 12.1 Å². The van der Waals surface area contributed by atoms with Crippen molar-refractivity contribution in [1.82, 2.24) is 4.72 Å². The smallest absolute Gasteiger partial charge is 0.255 e. The summed E-state index contributed by atoms with van der Waals surface area (Å²) in [6.07, 6.45) is 0.717. The number of sulfonamides is 1. The fraction of sp³-hybridized carbons (Fsp3) is 0.235. The number of nitrogens with one attached hydrogen (secondary N) is 2. The van der Waals surface area contributed by atoms with Gasteiger partial charge >= 0.3 is 0 Å². The van der Waals surface area contributed by atoms with E-state index in [0.717, 1.165) is 6.42 Å². The van der Waals surface area contributed by atoms with Crippen LogP contribution < -0.4 is 14.8 Å². The Kier molecular flexibility index (Phi) is 5.94. The zero-order valence-corrected chi connectivity index (χ0v) is 14.4. The first-order chi connectivity index (χ1) is 11.5. The Labute approximate surface area is 141 Å². The molecule has 0 aliphatic carbocycles. The molecule has 0 bridgehead atoms. The Morgan fingerprint density at radius 1 is 1.04 bits per heavy atom. The summed E-state index contributed by atoms with van der Waals surface area (Å²) < 4.78 is 31.5. The molecule has 24 heavy (non-hydrogen) atoms. The molecule has 2 aromatic rings.